The smallest absolute Gasteiger partial charge is 0.303 e. The number of rotatable bonds is 10. The minimum atomic E-state index is -1.17. The maximum Gasteiger partial charge on any atom is 0.303 e. The highest BCUT2D eigenvalue weighted by Gasteiger charge is 2.26. The molecule has 0 saturated carbocycles. The minimum absolute atomic E-state index is 0.175. The van der Waals surface area contributed by atoms with Crippen LogP contribution >= 0.6 is 0 Å². The average molecular weight is 359 g/mol. The Bertz CT molecular complexity index is 536. The molecule has 0 heterocycles. The molecule has 4 atom stereocenters. The van der Waals surface area contributed by atoms with E-state index < -0.39 is 53.8 Å². The van der Waals surface area contributed by atoms with E-state index >= 15 is 0 Å². The highest BCUT2D eigenvalue weighted by atomic mass is 16.4. The molecular formula is C14H25N5O6. The van der Waals surface area contributed by atoms with Crippen LogP contribution in [0.2, 0.25) is 0 Å². The van der Waals surface area contributed by atoms with E-state index in [0.29, 0.717) is 0 Å². The topological polar surface area (TPSA) is 194 Å². The number of carbonyl (C=O) groups excluding carboxylic acids is 4. The van der Waals surface area contributed by atoms with Crippen LogP contribution in [-0.2, 0) is 24.0 Å². The van der Waals surface area contributed by atoms with Crippen molar-refractivity contribution in [3.05, 3.63) is 0 Å². The van der Waals surface area contributed by atoms with Gasteiger partial charge in [0.15, 0.2) is 0 Å². The summed E-state index contributed by atoms with van der Waals surface area (Å²) in [5.41, 5.74) is 10.4. The Hall–Kier alpha value is -2.69. The molecular weight excluding hydrogens is 334 g/mol. The molecule has 0 radical (unpaired) electrons. The average Bonchev–Trinajstić information content (AvgIpc) is 2.50. The van der Waals surface area contributed by atoms with Crippen LogP contribution in [0.3, 0.4) is 0 Å². The molecule has 0 bridgehead atoms. The molecule has 0 aliphatic carbocycles. The standard InChI is InChI=1S/C14H25N5O6/c1-6(15)12(23)19-9(4-5-10(20)21)14(25)18-8(3)13(24)17-7(2)11(16)22/h6-9H,4-5,15H2,1-3H3,(H2,16,22)(H,17,24)(H,18,25)(H,19,23)(H,20,21)/t6-,7-,8-,9-/m0/s1. The fraction of sp³-hybridized carbons (Fsp3) is 0.643. The molecule has 4 amide bonds. The third-order valence-corrected chi connectivity index (χ3v) is 3.23. The number of carboxylic acids is 1. The molecule has 0 saturated heterocycles. The third kappa shape index (κ3) is 8.65. The van der Waals surface area contributed by atoms with Crippen LogP contribution < -0.4 is 27.4 Å². The molecule has 25 heavy (non-hydrogen) atoms. The largest absolute Gasteiger partial charge is 0.481 e. The van der Waals surface area contributed by atoms with Gasteiger partial charge in [-0.2, -0.15) is 0 Å². The maximum atomic E-state index is 12.2. The molecule has 0 aromatic carbocycles. The first kappa shape index (κ1) is 22.3. The van der Waals surface area contributed by atoms with Crippen molar-refractivity contribution in [1.29, 1.82) is 0 Å². The first-order chi connectivity index (χ1) is 11.5. The van der Waals surface area contributed by atoms with Crippen molar-refractivity contribution < 1.29 is 29.1 Å². The van der Waals surface area contributed by atoms with Crippen LogP contribution in [0, 0.1) is 0 Å². The van der Waals surface area contributed by atoms with E-state index in [1.165, 1.54) is 20.8 Å². The Kier molecular flexibility index (Phi) is 9.13. The second-order valence-electron chi connectivity index (χ2n) is 5.65. The number of hydrogen-bond donors (Lipinski definition) is 6. The Labute approximate surface area is 144 Å². The van der Waals surface area contributed by atoms with Gasteiger partial charge in [-0.15, -0.1) is 0 Å². The lowest BCUT2D eigenvalue weighted by molar-refractivity contribution is -0.138. The Morgan fingerprint density at radius 2 is 1.40 bits per heavy atom. The zero-order valence-corrected chi connectivity index (χ0v) is 14.4. The number of nitrogens with one attached hydrogen (secondary N) is 3. The molecule has 11 nitrogen and oxygen atoms in total. The van der Waals surface area contributed by atoms with Crippen molar-refractivity contribution in [3.63, 3.8) is 0 Å². The van der Waals surface area contributed by atoms with Crippen LogP contribution in [-0.4, -0.2) is 58.9 Å². The SMILES string of the molecule is C[C@H](N)C(=O)N[C@@H](CCC(=O)O)C(=O)N[C@@H](C)C(=O)N[C@@H](C)C(N)=O. The van der Waals surface area contributed by atoms with E-state index in [9.17, 15) is 24.0 Å². The Morgan fingerprint density at radius 3 is 1.84 bits per heavy atom. The monoisotopic (exact) mass is 359 g/mol. The first-order valence-electron chi connectivity index (χ1n) is 7.63. The number of primary amides is 1. The minimum Gasteiger partial charge on any atom is -0.481 e. The van der Waals surface area contributed by atoms with Crippen LogP contribution in [0.4, 0.5) is 0 Å². The summed E-state index contributed by atoms with van der Waals surface area (Å²) in [4.78, 5) is 57.4. The van der Waals surface area contributed by atoms with Gasteiger partial charge in [0.25, 0.3) is 0 Å². The van der Waals surface area contributed by atoms with E-state index in [1.54, 1.807) is 0 Å². The first-order valence-corrected chi connectivity index (χ1v) is 7.63. The van der Waals surface area contributed by atoms with Crippen molar-refractivity contribution in [2.75, 3.05) is 0 Å². The zero-order chi connectivity index (χ0) is 19.7. The fourth-order valence-corrected chi connectivity index (χ4v) is 1.63. The molecule has 0 spiro atoms. The molecule has 0 aliphatic heterocycles. The van der Waals surface area contributed by atoms with Crippen LogP contribution in [0.15, 0.2) is 0 Å². The summed E-state index contributed by atoms with van der Waals surface area (Å²) in [5, 5.41) is 15.7. The van der Waals surface area contributed by atoms with Crippen molar-refractivity contribution in [3.8, 4) is 0 Å². The molecule has 0 aromatic rings. The number of nitrogens with two attached hydrogens (primary N) is 2. The van der Waals surface area contributed by atoms with Crippen molar-refractivity contribution in [2.24, 2.45) is 11.5 Å². The lowest BCUT2D eigenvalue weighted by Crippen LogP contribution is -2.56. The highest BCUT2D eigenvalue weighted by molar-refractivity contribution is 5.94. The number of aliphatic carboxylic acids is 1. The number of carboxylic acid groups (broad SMARTS) is 1. The molecule has 0 rings (SSSR count). The van der Waals surface area contributed by atoms with Gasteiger partial charge in [-0.1, -0.05) is 0 Å². The van der Waals surface area contributed by atoms with E-state index in [2.05, 4.69) is 16.0 Å². The molecule has 11 heteroatoms. The second-order valence-corrected chi connectivity index (χ2v) is 5.65. The van der Waals surface area contributed by atoms with Gasteiger partial charge in [0.05, 0.1) is 6.04 Å². The Balaban J connectivity index is 4.87. The van der Waals surface area contributed by atoms with E-state index in [-0.39, 0.29) is 12.8 Å². The van der Waals surface area contributed by atoms with Gasteiger partial charge in [-0.05, 0) is 27.2 Å². The van der Waals surface area contributed by atoms with Crippen LogP contribution in [0.25, 0.3) is 0 Å². The quantitative estimate of drug-likeness (QED) is 0.242. The van der Waals surface area contributed by atoms with Gasteiger partial charge in [0, 0.05) is 6.42 Å². The fourth-order valence-electron chi connectivity index (χ4n) is 1.63. The van der Waals surface area contributed by atoms with Crippen molar-refractivity contribution >= 4 is 29.6 Å². The van der Waals surface area contributed by atoms with Crippen LogP contribution in [0.5, 0.6) is 0 Å². The van der Waals surface area contributed by atoms with E-state index in [1.807, 2.05) is 0 Å². The maximum absolute atomic E-state index is 12.2. The highest BCUT2D eigenvalue weighted by Crippen LogP contribution is 2.00. The summed E-state index contributed by atoms with van der Waals surface area (Å²) in [5.74, 6) is -3.92. The summed E-state index contributed by atoms with van der Waals surface area (Å²) in [6.07, 6.45) is -0.539. The van der Waals surface area contributed by atoms with E-state index in [4.69, 9.17) is 16.6 Å². The summed E-state index contributed by atoms with van der Waals surface area (Å²) < 4.78 is 0. The second kappa shape index (κ2) is 10.2. The van der Waals surface area contributed by atoms with Crippen molar-refractivity contribution in [2.45, 2.75) is 57.8 Å². The summed E-state index contributed by atoms with van der Waals surface area (Å²) >= 11 is 0. The van der Waals surface area contributed by atoms with Gasteiger partial charge in [-0.3, -0.25) is 24.0 Å². The summed E-state index contributed by atoms with van der Waals surface area (Å²) in [6, 6.07) is -4.02. The molecule has 0 aromatic heterocycles. The third-order valence-electron chi connectivity index (χ3n) is 3.23. The van der Waals surface area contributed by atoms with Gasteiger partial charge < -0.3 is 32.5 Å². The van der Waals surface area contributed by atoms with Crippen LogP contribution in [0.1, 0.15) is 33.6 Å². The van der Waals surface area contributed by atoms with Crippen molar-refractivity contribution in [1.82, 2.24) is 16.0 Å². The predicted octanol–water partition coefficient (Wildman–Crippen LogP) is -2.82. The molecule has 0 aliphatic rings. The zero-order valence-electron chi connectivity index (χ0n) is 14.4. The molecule has 8 N–H and O–H groups in total. The molecule has 0 fully saturated rings. The normalized spacial score (nSPS) is 15.2. The summed E-state index contributed by atoms with van der Waals surface area (Å²) in [7, 11) is 0. The predicted molar refractivity (Wildman–Crippen MR) is 86.9 cm³/mol. The Morgan fingerprint density at radius 1 is 0.880 bits per heavy atom. The van der Waals surface area contributed by atoms with Gasteiger partial charge >= 0.3 is 5.97 Å². The lowest BCUT2D eigenvalue weighted by Gasteiger charge is -2.22. The number of hydrogen-bond acceptors (Lipinski definition) is 6. The molecule has 0 unspecified atom stereocenters. The van der Waals surface area contributed by atoms with E-state index in [0.717, 1.165) is 0 Å². The summed E-state index contributed by atoms with van der Waals surface area (Å²) in [6.45, 7) is 4.15. The molecule has 142 valence electrons. The van der Waals surface area contributed by atoms with Gasteiger partial charge in [-0.25, -0.2) is 0 Å². The lowest BCUT2D eigenvalue weighted by atomic mass is 10.1. The number of carbonyl (C=O) groups is 5. The van der Waals surface area contributed by atoms with Gasteiger partial charge in [0.1, 0.15) is 18.1 Å². The van der Waals surface area contributed by atoms with Gasteiger partial charge in [0.2, 0.25) is 23.6 Å². The number of amides is 4.